The first kappa shape index (κ1) is 23.9. The number of imidazole rings is 1. The van der Waals surface area contributed by atoms with Crippen LogP contribution in [0.5, 0.6) is 11.5 Å². The minimum Gasteiger partial charge on any atom is -0.496 e. The molecule has 9 nitrogen and oxygen atoms in total. The summed E-state index contributed by atoms with van der Waals surface area (Å²) < 4.78 is 34.0. The van der Waals surface area contributed by atoms with E-state index < -0.39 is 10.0 Å². The predicted molar refractivity (Wildman–Crippen MR) is 125 cm³/mol. The molecular weight excluding hydrogens is 520 g/mol. The first-order chi connectivity index (χ1) is 15.3. The summed E-state index contributed by atoms with van der Waals surface area (Å²) in [5.41, 5.74) is 2.09. The number of ketones is 1. The van der Waals surface area contributed by atoms with Gasteiger partial charge in [0.05, 0.1) is 37.0 Å². The van der Waals surface area contributed by atoms with Gasteiger partial charge in [-0.1, -0.05) is 51.5 Å². The summed E-state index contributed by atoms with van der Waals surface area (Å²) in [5.74, 6) is 1.35. The highest BCUT2D eigenvalue weighted by molar-refractivity contribution is 9.09. The van der Waals surface area contributed by atoms with Gasteiger partial charge in [0.25, 0.3) is 10.0 Å². The summed E-state index contributed by atoms with van der Waals surface area (Å²) in [4.78, 5) is 16.1. The van der Waals surface area contributed by atoms with Crippen molar-refractivity contribution < 1.29 is 22.7 Å². The number of hydrogen-bond donors (Lipinski definition) is 1. The maximum atomic E-state index is 11.3. The molecule has 0 aliphatic heterocycles. The van der Waals surface area contributed by atoms with E-state index >= 15 is 0 Å². The number of methoxy groups -OCH3 is 2. The fraction of sp³-hybridized carbons (Fsp3) is 0.150. The maximum absolute atomic E-state index is 11.3. The molecule has 168 valence electrons. The second-order valence-corrected chi connectivity index (χ2v) is 9.48. The molecule has 0 aliphatic carbocycles. The molecule has 32 heavy (non-hydrogen) atoms. The molecule has 2 heterocycles. The van der Waals surface area contributed by atoms with Crippen molar-refractivity contribution >= 4 is 48.0 Å². The van der Waals surface area contributed by atoms with Crippen LogP contribution in [0.25, 0.3) is 16.2 Å². The molecule has 0 spiro atoms. The Morgan fingerprint density at radius 2 is 1.72 bits per heavy atom. The number of alkyl halides is 1. The normalized spacial score (nSPS) is 11.0. The van der Waals surface area contributed by atoms with Crippen LogP contribution in [0, 0.1) is 0 Å². The Morgan fingerprint density at radius 3 is 2.31 bits per heavy atom. The van der Waals surface area contributed by atoms with E-state index in [9.17, 15) is 13.2 Å². The summed E-state index contributed by atoms with van der Waals surface area (Å²) >= 11 is 4.03. The van der Waals surface area contributed by atoms with Crippen molar-refractivity contribution in [2.24, 2.45) is 5.14 Å². The number of hydrogen-bond acceptors (Lipinski definition) is 8. The molecule has 0 bridgehead atoms. The van der Waals surface area contributed by atoms with Crippen LogP contribution in [0.15, 0.2) is 59.1 Å². The second kappa shape index (κ2) is 10.2. The Morgan fingerprint density at radius 1 is 1.09 bits per heavy atom. The molecule has 2 aromatic heterocycles. The molecule has 0 fully saturated rings. The summed E-state index contributed by atoms with van der Waals surface area (Å²) in [6.07, 6.45) is 1.64. The van der Waals surface area contributed by atoms with Crippen LogP contribution in [0.4, 0.5) is 0 Å². The SMILES string of the molecule is COc1ccccc1-c1cn2nc(S(N)(=O)=O)sc2n1.COc1ccccc1C(=O)CBr. The number of para-hydroxylation sites is 2. The van der Waals surface area contributed by atoms with Gasteiger partial charge >= 0.3 is 0 Å². The molecule has 0 radical (unpaired) electrons. The van der Waals surface area contributed by atoms with Gasteiger partial charge in [0, 0.05) is 5.56 Å². The monoisotopic (exact) mass is 538 g/mol. The topological polar surface area (TPSA) is 126 Å². The largest absolute Gasteiger partial charge is 0.496 e. The van der Waals surface area contributed by atoms with Gasteiger partial charge in [-0.25, -0.2) is 23.1 Å². The number of rotatable bonds is 6. The van der Waals surface area contributed by atoms with Crippen molar-refractivity contribution in [2.45, 2.75) is 4.34 Å². The van der Waals surface area contributed by atoms with E-state index in [0.29, 0.717) is 33.0 Å². The van der Waals surface area contributed by atoms with Crippen molar-refractivity contribution in [1.82, 2.24) is 14.6 Å². The van der Waals surface area contributed by atoms with Gasteiger partial charge in [0.15, 0.2) is 5.78 Å². The minimum atomic E-state index is -3.80. The Kier molecular flexibility index (Phi) is 7.61. The standard InChI is InChI=1S/C11H10N4O3S2.C9H9BrO2/c1-18-9-5-3-2-4-7(9)8-6-15-10(13-8)19-11(14-15)20(12,16)17;1-12-9-5-3-2-4-7(9)8(11)6-10/h2-6H,1H3,(H2,12,16,17);2-5H,6H2,1H3. The number of benzene rings is 2. The van der Waals surface area contributed by atoms with E-state index in [-0.39, 0.29) is 10.1 Å². The van der Waals surface area contributed by atoms with E-state index in [4.69, 9.17) is 14.6 Å². The molecule has 0 aliphatic rings. The Hall–Kier alpha value is -2.80. The quantitative estimate of drug-likeness (QED) is 0.294. The number of primary sulfonamides is 1. The first-order valence-electron chi connectivity index (χ1n) is 9.03. The smallest absolute Gasteiger partial charge is 0.267 e. The molecule has 0 atom stereocenters. The van der Waals surface area contributed by atoms with Crippen LogP contribution in [0.2, 0.25) is 0 Å². The Labute approximate surface area is 197 Å². The molecule has 4 rings (SSSR count). The maximum Gasteiger partial charge on any atom is 0.267 e. The lowest BCUT2D eigenvalue weighted by atomic mass is 10.1. The third-order valence-electron chi connectivity index (χ3n) is 4.18. The number of nitrogens with zero attached hydrogens (tertiary/aromatic N) is 3. The highest BCUT2D eigenvalue weighted by atomic mass is 79.9. The molecule has 2 N–H and O–H groups in total. The Balaban J connectivity index is 0.000000207. The second-order valence-electron chi connectivity index (χ2n) is 6.22. The molecule has 0 unspecified atom stereocenters. The van der Waals surface area contributed by atoms with Crippen LogP contribution in [0.1, 0.15) is 10.4 Å². The van der Waals surface area contributed by atoms with Crippen molar-refractivity contribution in [3.05, 3.63) is 60.3 Å². The van der Waals surface area contributed by atoms with Crippen LogP contribution in [-0.2, 0) is 10.0 Å². The van der Waals surface area contributed by atoms with Gasteiger partial charge in [0.2, 0.25) is 9.30 Å². The zero-order valence-electron chi connectivity index (χ0n) is 17.1. The van der Waals surface area contributed by atoms with Gasteiger partial charge in [-0.05, 0) is 24.3 Å². The molecule has 12 heteroatoms. The van der Waals surface area contributed by atoms with Crippen molar-refractivity contribution in [2.75, 3.05) is 19.5 Å². The summed E-state index contributed by atoms with van der Waals surface area (Å²) in [5, 5.41) is 9.26. The average molecular weight is 539 g/mol. The third-order valence-corrected chi connectivity index (χ3v) is 6.92. The molecule has 2 aromatic carbocycles. The van der Waals surface area contributed by atoms with E-state index in [2.05, 4.69) is 26.0 Å². The number of ether oxygens (including phenoxy) is 2. The summed E-state index contributed by atoms with van der Waals surface area (Å²) in [6.45, 7) is 0. The van der Waals surface area contributed by atoms with Crippen LogP contribution < -0.4 is 14.6 Å². The summed E-state index contributed by atoms with van der Waals surface area (Å²) in [6, 6.07) is 14.6. The number of Topliss-reactive ketones (excluding diaryl/α,β-unsaturated/α-hetero) is 1. The molecule has 0 saturated carbocycles. The number of aromatic nitrogens is 3. The zero-order chi connectivity index (χ0) is 23.3. The van der Waals surface area contributed by atoms with Crippen molar-refractivity contribution in [3.63, 3.8) is 0 Å². The molecule has 4 aromatic rings. The number of nitrogens with two attached hydrogens (primary N) is 1. The van der Waals surface area contributed by atoms with E-state index in [1.165, 1.54) is 4.52 Å². The molecule has 0 saturated heterocycles. The van der Waals surface area contributed by atoms with Crippen LogP contribution in [-0.4, -0.2) is 48.3 Å². The van der Waals surface area contributed by atoms with Crippen molar-refractivity contribution in [1.29, 1.82) is 0 Å². The van der Waals surface area contributed by atoms with Gasteiger partial charge in [-0.3, -0.25) is 4.79 Å². The number of sulfonamides is 1. The third kappa shape index (κ3) is 5.33. The van der Waals surface area contributed by atoms with Gasteiger partial charge in [0.1, 0.15) is 11.5 Å². The number of carbonyl (C=O) groups excluding carboxylic acids is 1. The van der Waals surface area contributed by atoms with E-state index in [1.54, 1.807) is 32.5 Å². The number of fused-ring (bicyclic) bond motifs is 1. The fourth-order valence-electron chi connectivity index (χ4n) is 2.73. The highest BCUT2D eigenvalue weighted by Crippen LogP contribution is 2.30. The van der Waals surface area contributed by atoms with Gasteiger partial charge in [-0.2, -0.15) is 0 Å². The van der Waals surface area contributed by atoms with E-state index in [1.807, 2.05) is 36.4 Å². The summed E-state index contributed by atoms with van der Waals surface area (Å²) in [7, 11) is -0.669. The molecular formula is C20H19BrN4O5S2. The average Bonchev–Trinajstić information content (AvgIpc) is 3.38. The number of halogens is 1. The molecule has 0 amide bonds. The van der Waals surface area contributed by atoms with Gasteiger partial charge < -0.3 is 9.47 Å². The first-order valence-corrected chi connectivity index (χ1v) is 12.5. The highest BCUT2D eigenvalue weighted by Gasteiger charge is 2.18. The lowest BCUT2D eigenvalue weighted by molar-refractivity contribution is 0.102. The Bertz CT molecular complexity index is 1320. The lowest BCUT2D eigenvalue weighted by Crippen LogP contribution is -2.12. The van der Waals surface area contributed by atoms with E-state index in [0.717, 1.165) is 16.9 Å². The number of carbonyl (C=O) groups is 1. The fourth-order valence-corrected chi connectivity index (χ4v) is 4.54. The van der Waals surface area contributed by atoms with Crippen molar-refractivity contribution in [3.8, 4) is 22.8 Å². The lowest BCUT2D eigenvalue weighted by Gasteiger charge is -2.04. The zero-order valence-corrected chi connectivity index (χ0v) is 20.3. The minimum absolute atomic E-state index is 0.0347. The van der Waals surface area contributed by atoms with Crippen LogP contribution in [0.3, 0.4) is 0 Å². The van der Waals surface area contributed by atoms with Crippen LogP contribution >= 0.6 is 27.3 Å². The predicted octanol–water partition coefficient (Wildman–Crippen LogP) is 3.39. The van der Waals surface area contributed by atoms with Gasteiger partial charge in [-0.15, -0.1) is 5.10 Å².